The number of carbonyl (C=O) groups is 1. The summed E-state index contributed by atoms with van der Waals surface area (Å²) < 4.78 is 0. The third-order valence-electron chi connectivity index (χ3n) is 3.66. The number of nitrogens with zero attached hydrogens (tertiary/aromatic N) is 1. The number of amides is 1. The Morgan fingerprint density at radius 3 is 3.00 bits per heavy atom. The lowest BCUT2D eigenvalue weighted by molar-refractivity contribution is -0.121. The Kier molecular flexibility index (Phi) is 5.63. The zero-order valence-electron chi connectivity index (χ0n) is 13.5. The molecule has 4 nitrogen and oxygen atoms in total. The highest BCUT2D eigenvalue weighted by atomic mass is 32.1. The second-order valence-electron chi connectivity index (χ2n) is 6.34. The number of likely N-dealkylation sites (tertiary alicyclic amines) is 1. The lowest BCUT2D eigenvalue weighted by Crippen LogP contribution is -2.24. The first-order valence-corrected chi connectivity index (χ1v) is 8.44. The van der Waals surface area contributed by atoms with E-state index in [1.807, 2.05) is 6.07 Å². The molecule has 0 unspecified atom stereocenters. The molecular weight excluding hydrogens is 296 g/mol. The monoisotopic (exact) mass is 320 g/mol. The molecule has 1 aromatic rings. The van der Waals surface area contributed by atoms with E-state index in [1.165, 1.54) is 4.88 Å². The van der Waals surface area contributed by atoms with E-state index in [0.29, 0.717) is 12.3 Å². The molecule has 2 rings (SSSR count). The van der Waals surface area contributed by atoms with Crippen molar-refractivity contribution in [2.45, 2.75) is 38.8 Å². The van der Waals surface area contributed by atoms with Crippen LogP contribution in [0, 0.1) is 17.8 Å². The van der Waals surface area contributed by atoms with Crippen LogP contribution in [-0.4, -0.2) is 41.7 Å². The van der Waals surface area contributed by atoms with Gasteiger partial charge in [0.15, 0.2) is 0 Å². The van der Waals surface area contributed by atoms with Gasteiger partial charge in [-0.25, -0.2) is 0 Å². The number of hydrogen-bond donors (Lipinski definition) is 2. The fourth-order valence-electron chi connectivity index (χ4n) is 2.55. The molecule has 1 fully saturated rings. The van der Waals surface area contributed by atoms with E-state index in [9.17, 15) is 9.90 Å². The minimum Gasteiger partial charge on any atom is -0.378 e. The summed E-state index contributed by atoms with van der Waals surface area (Å²) in [6.45, 7) is 6.32. The van der Waals surface area contributed by atoms with E-state index in [0.717, 1.165) is 30.9 Å². The fourth-order valence-corrected chi connectivity index (χ4v) is 3.46. The van der Waals surface area contributed by atoms with Gasteiger partial charge in [-0.1, -0.05) is 11.8 Å². The highest BCUT2D eigenvalue weighted by molar-refractivity contribution is 7.12. The van der Waals surface area contributed by atoms with Crippen molar-refractivity contribution < 1.29 is 9.90 Å². The van der Waals surface area contributed by atoms with Crippen molar-refractivity contribution in [3.63, 3.8) is 0 Å². The normalized spacial score (nSPS) is 18.8. The number of rotatable bonds is 4. The van der Waals surface area contributed by atoms with E-state index < -0.39 is 5.60 Å². The van der Waals surface area contributed by atoms with Gasteiger partial charge in [0, 0.05) is 31.4 Å². The van der Waals surface area contributed by atoms with Crippen molar-refractivity contribution in [3.8, 4) is 11.8 Å². The first-order valence-electron chi connectivity index (χ1n) is 7.63. The van der Waals surface area contributed by atoms with Crippen LogP contribution in [0.25, 0.3) is 0 Å². The highest BCUT2D eigenvalue weighted by Crippen LogP contribution is 2.24. The van der Waals surface area contributed by atoms with Gasteiger partial charge in [-0.2, -0.15) is 0 Å². The molecule has 0 saturated carbocycles. The molecule has 1 saturated heterocycles. The molecule has 1 amide bonds. The highest BCUT2D eigenvalue weighted by Gasteiger charge is 2.24. The Balaban J connectivity index is 1.86. The Bertz CT molecular complexity index is 577. The van der Waals surface area contributed by atoms with Crippen LogP contribution >= 0.6 is 11.3 Å². The lowest BCUT2D eigenvalue weighted by Gasteiger charge is -2.14. The van der Waals surface area contributed by atoms with Crippen molar-refractivity contribution >= 4 is 17.2 Å². The standard InChI is InChI=1S/C17H24N2O2S/c1-17(2,21)8-6-14-4-5-15(22-14)12-19-9-7-13(11-19)10-16(20)18-3/h4-5,13,21H,7,9-12H2,1-3H3,(H,18,20)/t13-/m0/s1. The van der Waals surface area contributed by atoms with Crippen molar-refractivity contribution in [2.75, 3.05) is 20.1 Å². The first kappa shape index (κ1) is 17.0. The smallest absolute Gasteiger partial charge is 0.220 e. The molecule has 5 heteroatoms. The van der Waals surface area contributed by atoms with Gasteiger partial charge in [0.1, 0.15) is 5.60 Å². The van der Waals surface area contributed by atoms with Crippen LogP contribution in [0.15, 0.2) is 12.1 Å². The van der Waals surface area contributed by atoms with Crippen LogP contribution < -0.4 is 5.32 Å². The number of hydrogen-bond acceptors (Lipinski definition) is 4. The SMILES string of the molecule is CNC(=O)C[C@@H]1CCN(Cc2ccc(C#CC(C)(C)O)s2)C1. The second-order valence-corrected chi connectivity index (χ2v) is 7.51. The van der Waals surface area contributed by atoms with Crippen molar-refractivity contribution in [2.24, 2.45) is 5.92 Å². The number of aliphatic hydroxyl groups is 1. The van der Waals surface area contributed by atoms with E-state index in [2.05, 4.69) is 28.1 Å². The van der Waals surface area contributed by atoms with E-state index >= 15 is 0 Å². The third kappa shape index (κ3) is 5.45. The topological polar surface area (TPSA) is 52.6 Å². The molecular formula is C17H24N2O2S. The summed E-state index contributed by atoms with van der Waals surface area (Å²) in [5.41, 5.74) is -0.952. The van der Waals surface area contributed by atoms with Crippen LogP contribution in [0.4, 0.5) is 0 Å². The Morgan fingerprint density at radius 1 is 1.55 bits per heavy atom. The molecule has 0 aliphatic carbocycles. The molecule has 0 spiro atoms. The van der Waals surface area contributed by atoms with Crippen LogP contribution in [0.2, 0.25) is 0 Å². The van der Waals surface area contributed by atoms with Crippen LogP contribution in [0.3, 0.4) is 0 Å². The summed E-state index contributed by atoms with van der Waals surface area (Å²) in [5.74, 6) is 6.46. The predicted molar refractivity (Wildman–Crippen MR) is 89.6 cm³/mol. The summed E-state index contributed by atoms with van der Waals surface area (Å²) in [5, 5.41) is 12.3. The van der Waals surface area contributed by atoms with Crippen molar-refractivity contribution in [1.29, 1.82) is 0 Å². The molecule has 0 radical (unpaired) electrons. The van der Waals surface area contributed by atoms with Crippen LogP contribution in [0.5, 0.6) is 0 Å². The van der Waals surface area contributed by atoms with E-state index in [4.69, 9.17) is 0 Å². The van der Waals surface area contributed by atoms with Gasteiger partial charge in [-0.3, -0.25) is 9.69 Å². The third-order valence-corrected chi connectivity index (χ3v) is 4.64. The molecule has 0 bridgehead atoms. The summed E-state index contributed by atoms with van der Waals surface area (Å²) in [7, 11) is 1.69. The minimum atomic E-state index is -0.952. The maximum absolute atomic E-state index is 11.4. The Hall–Kier alpha value is -1.35. The molecule has 0 aromatic carbocycles. The molecule has 120 valence electrons. The van der Waals surface area contributed by atoms with Gasteiger partial charge in [0.25, 0.3) is 0 Å². The second kappa shape index (κ2) is 7.28. The quantitative estimate of drug-likeness (QED) is 0.832. The van der Waals surface area contributed by atoms with Crippen molar-refractivity contribution in [1.82, 2.24) is 10.2 Å². The Morgan fingerprint density at radius 2 is 2.32 bits per heavy atom. The molecule has 2 heterocycles. The van der Waals surface area contributed by atoms with Crippen LogP contribution in [0.1, 0.15) is 36.4 Å². The Labute approximate surface area is 136 Å². The zero-order chi connectivity index (χ0) is 16.2. The van der Waals surface area contributed by atoms with Crippen LogP contribution in [-0.2, 0) is 11.3 Å². The number of carbonyl (C=O) groups excluding carboxylic acids is 1. The molecule has 2 N–H and O–H groups in total. The maximum Gasteiger partial charge on any atom is 0.220 e. The van der Waals surface area contributed by atoms with Crippen molar-refractivity contribution in [3.05, 3.63) is 21.9 Å². The largest absolute Gasteiger partial charge is 0.378 e. The van der Waals surface area contributed by atoms with Gasteiger partial charge in [0.05, 0.1) is 4.88 Å². The fraction of sp³-hybridized carbons (Fsp3) is 0.588. The first-order chi connectivity index (χ1) is 10.4. The molecule has 1 aliphatic rings. The van der Waals surface area contributed by atoms with Gasteiger partial charge >= 0.3 is 0 Å². The lowest BCUT2D eigenvalue weighted by atomic mass is 10.1. The molecule has 22 heavy (non-hydrogen) atoms. The molecule has 1 aromatic heterocycles. The summed E-state index contributed by atoms with van der Waals surface area (Å²) >= 11 is 1.67. The van der Waals surface area contributed by atoms with Gasteiger partial charge in [-0.15, -0.1) is 11.3 Å². The van der Waals surface area contributed by atoms with Gasteiger partial charge < -0.3 is 10.4 Å². The number of nitrogens with one attached hydrogen (secondary N) is 1. The average Bonchev–Trinajstić information content (AvgIpc) is 3.06. The molecule has 1 atom stereocenters. The van der Waals surface area contributed by atoms with E-state index in [-0.39, 0.29) is 5.91 Å². The maximum atomic E-state index is 11.4. The number of thiophene rings is 1. The predicted octanol–water partition coefficient (Wildman–Crippen LogP) is 1.83. The van der Waals surface area contributed by atoms with Gasteiger partial charge in [-0.05, 0) is 44.9 Å². The minimum absolute atomic E-state index is 0.132. The average molecular weight is 320 g/mol. The van der Waals surface area contributed by atoms with Gasteiger partial charge in [0.2, 0.25) is 5.91 Å². The summed E-state index contributed by atoms with van der Waals surface area (Å²) in [6.07, 6.45) is 1.71. The van der Waals surface area contributed by atoms with E-state index in [1.54, 1.807) is 32.2 Å². The summed E-state index contributed by atoms with van der Waals surface area (Å²) in [6, 6.07) is 4.11. The summed E-state index contributed by atoms with van der Waals surface area (Å²) in [4.78, 5) is 16.1. The molecule has 1 aliphatic heterocycles. The zero-order valence-corrected chi connectivity index (χ0v) is 14.3.